The van der Waals surface area contributed by atoms with Crippen LogP contribution in [0.5, 0.6) is 0 Å². The lowest BCUT2D eigenvalue weighted by molar-refractivity contribution is -0.160. The van der Waals surface area contributed by atoms with E-state index in [0.29, 0.717) is 39.1 Å². The van der Waals surface area contributed by atoms with Gasteiger partial charge >= 0.3 is 5.97 Å². The second kappa shape index (κ2) is 9.26. The van der Waals surface area contributed by atoms with Crippen LogP contribution in [0.1, 0.15) is 54.7 Å². The largest absolute Gasteiger partial charge is 0.479 e. The number of halogens is 1. The number of fused-ring (bicyclic) bond motifs is 3. The van der Waals surface area contributed by atoms with Gasteiger partial charge in [-0.15, -0.1) is 0 Å². The minimum atomic E-state index is -3.84. The number of aryl methyl sites for hydroxylation is 1. The number of rotatable bonds is 5. The molecule has 6 nitrogen and oxygen atoms in total. The second-order valence-electron chi connectivity index (χ2n) is 10.6. The number of anilines is 1. The van der Waals surface area contributed by atoms with Crippen LogP contribution >= 0.6 is 0 Å². The van der Waals surface area contributed by atoms with Crippen molar-refractivity contribution < 1.29 is 27.4 Å². The normalized spacial score (nSPS) is 14.2. The smallest absolute Gasteiger partial charge is 0.337 e. The summed E-state index contributed by atoms with van der Waals surface area (Å²) in [5, 5.41) is 10.3. The van der Waals surface area contributed by atoms with E-state index < -0.39 is 33.5 Å². The first-order chi connectivity index (χ1) is 17.1. The summed E-state index contributed by atoms with van der Waals surface area (Å²) in [4.78, 5) is 12.7. The standard InChI is InChI=1S/C29H32FNO5S/c1-16-11-13-19(14-12-16)23-17(2)24-20-9-8-10-22(30)21(20)15-31(37(7,34)35)26(24)18(3)25(23)27(28(32)33)36-29(4,5)6/h8-14,27H,15H2,1-7H3,(H,32,33)/t27-/m0/s1. The number of benzene rings is 3. The lowest BCUT2D eigenvalue weighted by atomic mass is 9.80. The lowest BCUT2D eigenvalue weighted by Crippen LogP contribution is -2.35. The third kappa shape index (κ3) is 4.88. The van der Waals surface area contributed by atoms with E-state index in [0.717, 1.165) is 17.4 Å². The predicted molar refractivity (Wildman–Crippen MR) is 144 cm³/mol. The maximum Gasteiger partial charge on any atom is 0.337 e. The first-order valence-corrected chi connectivity index (χ1v) is 13.9. The molecule has 37 heavy (non-hydrogen) atoms. The molecule has 0 unspecified atom stereocenters. The first-order valence-electron chi connectivity index (χ1n) is 12.0. The summed E-state index contributed by atoms with van der Waals surface area (Å²) >= 11 is 0. The number of carbonyl (C=O) groups is 1. The van der Waals surface area contributed by atoms with Crippen molar-refractivity contribution in [3.05, 3.63) is 76.1 Å². The van der Waals surface area contributed by atoms with Gasteiger partial charge in [0.2, 0.25) is 10.0 Å². The summed E-state index contributed by atoms with van der Waals surface area (Å²) < 4.78 is 48.3. The van der Waals surface area contributed by atoms with Crippen LogP contribution < -0.4 is 4.31 Å². The highest BCUT2D eigenvalue weighted by Gasteiger charge is 2.39. The maximum atomic E-state index is 15.0. The van der Waals surface area contributed by atoms with Crippen LogP contribution in [0.15, 0.2) is 42.5 Å². The molecule has 0 bridgehead atoms. The van der Waals surface area contributed by atoms with Crippen LogP contribution in [0.25, 0.3) is 22.3 Å². The molecule has 0 amide bonds. The number of nitrogens with zero attached hydrogens (tertiary/aromatic N) is 1. The van der Waals surface area contributed by atoms with Crippen LogP contribution in [0, 0.1) is 26.6 Å². The summed E-state index contributed by atoms with van der Waals surface area (Å²) in [6.07, 6.45) is -0.290. The van der Waals surface area contributed by atoms with E-state index in [4.69, 9.17) is 4.74 Å². The summed E-state index contributed by atoms with van der Waals surface area (Å²) in [5.41, 5.74) is 4.96. The van der Waals surface area contributed by atoms with Crippen LogP contribution in [0.3, 0.4) is 0 Å². The number of aliphatic carboxylic acids is 1. The molecule has 1 aliphatic heterocycles. The molecule has 0 spiro atoms. The van der Waals surface area contributed by atoms with E-state index in [1.807, 2.05) is 38.1 Å². The van der Waals surface area contributed by atoms with Crippen LogP contribution in [-0.2, 0) is 26.1 Å². The number of carboxylic acids is 1. The van der Waals surface area contributed by atoms with E-state index in [9.17, 15) is 18.3 Å². The molecule has 196 valence electrons. The Labute approximate surface area is 217 Å². The number of ether oxygens (including phenoxy) is 1. The third-order valence-corrected chi connectivity index (χ3v) is 7.77. The van der Waals surface area contributed by atoms with Gasteiger partial charge < -0.3 is 9.84 Å². The maximum absolute atomic E-state index is 15.0. The highest BCUT2D eigenvalue weighted by Crippen LogP contribution is 2.51. The SMILES string of the molecule is Cc1ccc(-c2c(C)c3c(c(C)c2[C@H](OC(C)(C)C)C(=O)O)N(S(C)(=O)=O)Cc2c(F)cccc2-3)cc1. The van der Waals surface area contributed by atoms with E-state index in [1.165, 1.54) is 10.4 Å². The van der Waals surface area contributed by atoms with Gasteiger partial charge in [0, 0.05) is 16.7 Å². The molecular formula is C29H32FNO5S. The van der Waals surface area contributed by atoms with Gasteiger partial charge in [0.25, 0.3) is 0 Å². The van der Waals surface area contributed by atoms with E-state index >= 15 is 4.39 Å². The minimum Gasteiger partial charge on any atom is -0.479 e. The average Bonchev–Trinajstić information content (AvgIpc) is 2.78. The summed E-state index contributed by atoms with van der Waals surface area (Å²) in [6, 6.07) is 12.4. The van der Waals surface area contributed by atoms with Gasteiger partial charge in [-0.25, -0.2) is 17.6 Å². The van der Waals surface area contributed by atoms with Gasteiger partial charge in [0.05, 0.1) is 24.1 Å². The predicted octanol–water partition coefficient (Wildman–Crippen LogP) is 6.31. The zero-order chi connectivity index (χ0) is 27.4. The Bertz CT molecular complexity index is 1500. The molecule has 8 heteroatoms. The molecule has 0 fully saturated rings. The fraction of sp³-hybridized carbons (Fsp3) is 0.345. The van der Waals surface area contributed by atoms with Crippen molar-refractivity contribution >= 4 is 21.7 Å². The molecule has 0 saturated heterocycles. The van der Waals surface area contributed by atoms with Crippen molar-refractivity contribution in [2.45, 2.75) is 59.8 Å². The van der Waals surface area contributed by atoms with Gasteiger partial charge in [-0.05, 0) is 75.4 Å². The van der Waals surface area contributed by atoms with Gasteiger partial charge in [0.15, 0.2) is 6.10 Å². The number of hydrogen-bond donors (Lipinski definition) is 1. The molecule has 0 aromatic heterocycles. The van der Waals surface area contributed by atoms with Crippen LogP contribution in [-0.4, -0.2) is 31.4 Å². The molecule has 1 atom stereocenters. The second-order valence-corrected chi connectivity index (χ2v) is 12.5. The highest BCUT2D eigenvalue weighted by atomic mass is 32.2. The van der Waals surface area contributed by atoms with Gasteiger partial charge in [-0.3, -0.25) is 4.31 Å². The van der Waals surface area contributed by atoms with Crippen molar-refractivity contribution in [1.82, 2.24) is 0 Å². The topological polar surface area (TPSA) is 83.9 Å². The highest BCUT2D eigenvalue weighted by molar-refractivity contribution is 7.92. The summed E-state index contributed by atoms with van der Waals surface area (Å²) in [7, 11) is -3.84. The van der Waals surface area contributed by atoms with E-state index in [1.54, 1.807) is 39.8 Å². The molecule has 3 aromatic carbocycles. The lowest BCUT2D eigenvalue weighted by Gasteiger charge is -2.37. The Hall–Kier alpha value is -3.23. The number of sulfonamides is 1. The fourth-order valence-corrected chi connectivity index (χ4v) is 6.04. The minimum absolute atomic E-state index is 0.185. The monoisotopic (exact) mass is 525 g/mol. The Morgan fingerprint density at radius 3 is 2.19 bits per heavy atom. The van der Waals surface area contributed by atoms with Crippen molar-refractivity contribution in [2.24, 2.45) is 0 Å². The molecule has 3 aromatic rings. The fourth-order valence-electron chi connectivity index (χ4n) is 5.11. The quantitative estimate of drug-likeness (QED) is 0.422. The molecule has 0 aliphatic carbocycles. The number of carboxylic acid groups (broad SMARTS) is 1. The average molecular weight is 526 g/mol. The van der Waals surface area contributed by atoms with Gasteiger partial charge in [-0.1, -0.05) is 42.0 Å². The molecule has 1 heterocycles. The van der Waals surface area contributed by atoms with E-state index in [2.05, 4.69) is 0 Å². The Morgan fingerprint density at radius 1 is 1.03 bits per heavy atom. The molecule has 1 aliphatic rings. The van der Waals surface area contributed by atoms with Crippen molar-refractivity contribution in [3.8, 4) is 22.3 Å². The van der Waals surface area contributed by atoms with Crippen LogP contribution in [0.2, 0.25) is 0 Å². The number of hydrogen-bond acceptors (Lipinski definition) is 4. The molecular weight excluding hydrogens is 493 g/mol. The van der Waals surface area contributed by atoms with Crippen molar-refractivity contribution in [1.29, 1.82) is 0 Å². The zero-order valence-electron chi connectivity index (χ0n) is 22.1. The molecule has 1 N–H and O–H groups in total. The Kier molecular flexibility index (Phi) is 6.71. The van der Waals surface area contributed by atoms with Crippen LogP contribution in [0.4, 0.5) is 10.1 Å². The summed E-state index contributed by atoms with van der Waals surface area (Å²) in [5.74, 6) is -1.67. The Balaban J connectivity index is 2.22. The molecule has 4 rings (SSSR count). The third-order valence-electron chi connectivity index (χ3n) is 6.65. The van der Waals surface area contributed by atoms with Crippen molar-refractivity contribution in [3.63, 3.8) is 0 Å². The summed E-state index contributed by atoms with van der Waals surface area (Å²) in [6.45, 7) is 10.6. The Morgan fingerprint density at radius 2 is 1.65 bits per heavy atom. The first kappa shape index (κ1) is 26.8. The zero-order valence-corrected chi connectivity index (χ0v) is 23.0. The van der Waals surface area contributed by atoms with Crippen molar-refractivity contribution in [2.75, 3.05) is 10.6 Å². The van der Waals surface area contributed by atoms with E-state index in [-0.39, 0.29) is 12.1 Å². The van der Waals surface area contributed by atoms with Gasteiger partial charge in [-0.2, -0.15) is 0 Å². The molecule has 0 saturated carbocycles. The van der Waals surface area contributed by atoms with Gasteiger partial charge in [0.1, 0.15) is 5.82 Å². The molecule has 0 radical (unpaired) electrons.